The van der Waals surface area contributed by atoms with Gasteiger partial charge in [-0.3, -0.25) is 24.6 Å². The van der Waals surface area contributed by atoms with Gasteiger partial charge in [0.1, 0.15) is 17.5 Å². The first-order chi connectivity index (χ1) is 20.0. The molecule has 11 nitrogen and oxygen atoms in total. The fraction of sp³-hybridized carbons (Fsp3) is 0.207. The number of amides is 3. The van der Waals surface area contributed by atoms with Gasteiger partial charge in [0.25, 0.3) is 11.8 Å². The van der Waals surface area contributed by atoms with Crippen LogP contribution in [0.1, 0.15) is 51.3 Å². The Morgan fingerprint density at radius 3 is 2.33 bits per heavy atom. The quantitative estimate of drug-likeness (QED) is 0.0885. The van der Waals surface area contributed by atoms with Crippen molar-refractivity contribution >= 4 is 35.2 Å². The summed E-state index contributed by atoms with van der Waals surface area (Å²) in [5, 5.41) is 13.3. The van der Waals surface area contributed by atoms with E-state index >= 15 is 0 Å². The molecule has 0 spiro atoms. The van der Waals surface area contributed by atoms with Gasteiger partial charge in [-0.1, -0.05) is 36.4 Å². The Morgan fingerprint density at radius 2 is 1.69 bits per heavy atom. The maximum Gasteiger partial charge on any atom is 0.390 e. The first-order valence-electron chi connectivity index (χ1n) is 12.7. The van der Waals surface area contributed by atoms with Crippen LogP contribution in [0.4, 0.5) is 14.5 Å². The van der Waals surface area contributed by atoms with Crippen molar-refractivity contribution < 1.29 is 37.4 Å². The molecule has 1 aliphatic heterocycles. The SMILES string of the molecule is CCO[C@](OC(C)=O)(C(=O)NCc1ccc(C(=N)N)cc1NCc1ccccc1F)N1C(=O)c2cccc(F)c2C1=O. The molecule has 3 aromatic carbocycles. The predicted octanol–water partition coefficient (Wildman–Crippen LogP) is 3.03. The summed E-state index contributed by atoms with van der Waals surface area (Å²) in [5.41, 5.74) is 6.21. The van der Waals surface area contributed by atoms with E-state index in [-0.39, 0.29) is 36.0 Å². The number of imide groups is 1. The molecular weight excluding hydrogens is 552 g/mol. The first kappa shape index (κ1) is 29.8. The van der Waals surface area contributed by atoms with Crippen molar-refractivity contribution in [2.45, 2.75) is 32.8 Å². The summed E-state index contributed by atoms with van der Waals surface area (Å²) in [6.07, 6.45) is 0. The van der Waals surface area contributed by atoms with Gasteiger partial charge in [0.05, 0.1) is 17.7 Å². The lowest BCUT2D eigenvalue weighted by Gasteiger charge is -2.36. The number of nitrogens with one attached hydrogen (secondary N) is 3. The fourth-order valence-corrected chi connectivity index (χ4v) is 4.44. The molecule has 1 atom stereocenters. The average Bonchev–Trinajstić information content (AvgIpc) is 3.21. The minimum absolute atomic E-state index is 0.0475. The van der Waals surface area contributed by atoms with E-state index in [1.807, 2.05) is 0 Å². The summed E-state index contributed by atoms with van der Waals surface area (Å²) < 4.78 is 39.5. The Balaban J connectivity index is 1.67. The van der Waals surface area contributed by atoms with Crippen LogP contribution < -0.4 is 16.4 Å². The molecule has 0 aliphatic carbocycles. The zero-order valence-electron chi connectivity index (χ0n) is 22.6. The van der Waals surface area contributed by atoms with E-state index in [0.29, 0.717) is 22.4 Å². The lowest BCUT2D eigenvalue weighted by Crippen LogP contribution is -2.64. The number of nitrogen functional groups attached to an aromatic ring is 1. The Morgan fingerprint density at radius 1 is 0.976 bits per heavy atom. The molecule has 0 fully saturated rings. The molecule has 0 radical (unpaired) electrons. The highest BCUT2D eigenvalue weighted by molar-refractivity contribution is 6.23. The molecule has 5 N–H and O–H groups in total. The van der Waals surface area contributed by atoms with Crippen molar-refractivity contribution in [2.24, 2.45) is 5.73 Å². The second-order valence-electron chi connectivity index (χ2n) is 9.13. The first-order valence-corrected chi connectivity index (χ1v) is 12.7. The molecule has 4 rings (SSSR count). The number of halogens is 2. The Labute approximate surface area is 239 Å². The Kier molecular flexibility index (Phi) is 8.62. The summed E-state index contributed by atoms with van der Waals surface area (Å²) in [6, 6.07) is 14.1. The summed E-state index contributed by atoms with van der Waals surface area (Å²) in [6.45, 7) is 1.87. The molecule has 13 heteroatoms. The van der Waals surface area contributed by atoms with Gasteiger partial charge in [-0.25, -0.2) is 13.7 Å². The number of esters is 1. The second kappa shape index (κ2) is 12.1. The number of benzene rings is 3. The highest BCUT2D eigenvalue weighted by atomic mass is 19.1. The maximum absolute atomic E-state index is 14.5. The highest BCUT2D eigenvalue weighted by Gasteiger charge is 2.59. The van der Waals surface area contributed by atoms with Gasteiger partial charge in [-0.15, -0.1) is 0 Å². The van der Waals surface area contributed by atoms with Crippen LogP contribution in [0, 0.1) is 17.0 Å². The van der Waals surface area contributed by atoms with Gasteiger partial charge < -0.3 is 25.8 Å². The summed E-state index contributed by atoms with van der Waals surface area (Å²) in [7, 11) is 0. The molecule has 42 heavy (non-hydrogen) atoms. The summed E-state index contributed by atoms with van der Waals surface area (Å²) in [4.78, 5) is 52.6. The number of rotatable bonds is 11. The van der Waals surface area contributed by atoms with E-state index in [2.05, 4.69) is 10.6 Å². The van der Waals surface area contributed by atoms with E-state index in [0.717, 1.165) is 13.0 Å². The number of nitrogens with zero attached hydrogens (tertiary/aromatic N) is 1. The zero-order chi connectivity index (χ0) is 30.6. The minimum Gasteiger partial charge on any atom is -0.405 e. The molecule has 3 amide bonds. The summed E-state index contributed by atoms with van der Waals surface area (Å²) in [5.74, 6) is -9.17. The number of hydrogen-bond donors (Lipinski definition) is 4. The number of anilines is 1. The molecule has 0 aromatic heterocycles. The lowest BCUT2D eigenvalue weighted by molar-refractivity contribution is -0.260. The normalized spacial score (nSPS) is 13.8. The van der Waals surface area contributed by atoms with Crippen LogP contribution in [0.5, 0.6) is 0 Å². The molecule has 1 aliphatic rings. The van der Waals surface area contributed by atoms with Crippen LogP contribution in [-0.4, -0.2) is 46.9 Å². The number of fused-ring (bicyclic) bond motifs is 1. The van der Waals surface area contributed by atoms with Crippen molar-refractivity contribution in [3.05, 3.63) is 100 Å². The third kappa shape index (κ3) is 5.67. The Bertz CT molecular complexity index is 1600. The minimum atomic E-state index is -2.90. The molecule has 0 unspecified atom stereocenters. The van der Waals surface area contributed by atoms with Crippen LogP contribution in [0.3, 0.4) is 0 Å². The van der Waals surface area contributed by atoms with Gasteiger partial charge in [0.2, 0.25) is 0 Å². The zero-order valence-corrected chi connectivity index (χ0v) is 22.6. The van der Waals surface area contributed by atoms with E-state index < -0.39 is 46.8 Å². The molecule has 3 aromatic rings. The van der Waals surface area contributed by atoms with Crippen LogP contribution in [-0.2, 0) is 32.2 Å². The fourth-order valence-electron chi connectivity index (χ4n) is 4.44. The van der Waals surface area contributed by atoms with Gasteiger partial charge in [0.15, 0.2) is 0 Å². The van der Waals surface area contributed by atoms with Crippen LogP contribution >= 0.6 is 0 Å². The topological polar surface area (TPSA) is 164 Å². The standard InChI is InChI=1S/C29H27F2N5O6/c1-3-41-29(42-16(2)37,36-26(38)20-8-6-10-22(31)24(20)27(36)39)28(40)35-15-19-12-11-17(25(32)33)13-23(19)34-14-18-7-4-5-9-21(18)30/h4-13,34H,3,14-15H2,1-2H3,(H3,32,33)(H,35,40)/t29-/m0/s1. The van der Waals surface area contributed by atoms with Crippen molar-refractivity contribution in [3.8, 4) is 0 Å². The molecule has 0 saturated carbocycles. The van der Waals surface area contributed by atoms with E-state index in [4.69, 9.17) is 20.6 Å². The number of carbonyl (C=O) groups is 4. The third-order valence-corrected chi connectivity index (χ3v) is 6.35. The van der Waals surface area contributed by atoms with Gasteiger partial charge in [0, 0.05) is 36.8 Å². The molecule has 0 saturated heterocycles. The van der Waals surface area contributed by atoms with Gasteiger partial charge in [-0.2, -0.15) is 0 Å². The largest absolute Gasteiger partial charge is 0.405 e. The predicted molar refractivity (Wildman–Crippen MR) is 146 cm³/mol. The molecule has 218 valence electrons. The van der Waals surface area contributed by atoms with Crippen LogP contribution in [0.15, 0.2) is 60.7 Å². The number of carbonyl (C=O) groups excluding carboxylic acids is 4. The average molecular weight is 580 g/mol. The highest BCUT2D eigenvalue weighted by Crippen LogP contribution is 2.33. The number of ether oxygens (including phenoxy) is 2. The molecule has 0 bridgehead atoms. The maximum atomic E-state index is 14.5. The van der Waals surface area contributed by atoms with Crippen LogP contribution in [0.25, 0.3) is 0 Å². The summed E-state index contributed by atoms with van der Waals surface area (Å²) >= 11 is 0. The van der Waals surface area contributed by atoms with Gasteiger partial charge in [-0.05, 0) is 36.8 Å². The number of amidine groups is 1. The molecular formula is C29H27F2N5O6. The van der Waals surface area contributed by atoms with E-state index in [1.165, 1.54) is 37.3 Å². The lowest BCUT2D eigenvalue weighted by atomic mass is 10.1. The number of nitrogens with two attached hydrogens (primary N) is 1. The van der Waals surface area contributed by atoms with Crippen molar-refractivity contribution in [1.82, 2.24) is 10.2 Å². The van der Waals surface area contributed by atoms with E-state index in [1.54, 1.807) is 24.3 Å². The molecule has 1 heterocycles. The van der Waals surface area contributed by atoms with Crippen molar-refractivity contribution in [3.63, 3.8) is 0 Å². The van der Waals surface area contributed by atoms with Crippen LogP contribution in [0.2, 0.25) is 0 Å². The third-order valence-electron chi connectivity index (χ3n) is 6.35. The van der Waals surface area contributed by atoms with E-state index in [9.17, 15) is 28.0 Å². The van der Waals surface area contributed by atoms with Crippen molar-refractivity contribution in [2.75, 3.05) is 11.9 Å². The second-order valence-corrected chi connectivity index (χ2v) is 9.13. The Hall–Kier alpha value is -5.17. The van der Waals surface area contributed by atoms with Gasteiger partial charge >= 0.3 is 17.8 Å². The number of hydrogen-bond acceptors (Lipinski definition) is 8. The smallest absolute Gasteiger partial charge is 0.390 e. The monoisotopic (exact) mass is 579 g/mol. The van der Waals surface area contributed by atoms with Crippen molar-refractivity contribution in [1.29, 1.82) is 5.41 Å².